The molecule has 0 aliphatic carbocycles. The van der Waals surface area contributed by atoms with Crippen LogP contribution in [0, 0.1) is 0 Å². The van der Waals surface area contributed by atoms with Gasteiger partial charge in [-0.1, -0.05) is 24.3 Å². The zero-order valence-corrected chi connectivity index (χ0v) is 7.51. The molecular weight excluding hydrogens is 146 g/mol. The lowest BCUT2D eigenvalue weighted by atomic mass is 10.1. The molecule has 0 aromatic heterocycles. The molecule has 12 heavy (non-hydrogen) atoms. The quantitative estimate of drug-likeness (QED) is 0.669. The summed E-state index contributed by atoms with van der Waals surface area (Å²) in [6, 6.07) is 8.33. The minimum Gasteiger partial charge on any atom is -0.385 e. The highest BCUT2D eigenvalue weighted by Gasteiger charge is 1.96. The summed E-state index contributed by atoms with van der Waals surface area (Å²) < 4.78 is 0. The van der Waals surface area contributed by atoms with Crippen LogP contribution >= 0.6 is 0 Å². The van der Waals surface area contributed by atoms with E-state index in [1.807, 2.05) is 12.1 Å². The molecule has 0 atom stereocenters. The molecule has 0 fully saturated rings. The third-order valence-electron chi connectivity index (χ3n) is 1.75. The number of hydrogen-bond acceptors (Lipinski definition) is 1. The molecule has 0 spiro atoms. The van der Waals surface area contributed by atoms with Crippen molar-refractivity contribution in [1.82, 2.24) is 0 Å². The Labute approximate surface area is 74.1 Å². The molecule has 0 heterocycles. The van der Waals surface area contributed by atoms with Crippen molar-refractivity contribution in [3.63, 3.8) is 0 Å². The van der Waals surface area contributed by atoms with Crippen LogP contribution in [0.1, 0.15) is 12.5 Å². The zero-order chi connectivity index (χ0) is 8.81. The normalized spacial score (nSPS) is 9.42. The van der Waals surface area contributed by atoms with Crippen molar-refractivity contribution in [3.05, 3.63) is 42.5 Å². The lowest BCUT2D eigenvalue weighted by Gasteiger charge is -2.07. The summed E-state index contributed by atoms with van der Waals surface area (Å²) in [6.45, 7) is 6.80. The van der Waals surface area contributed by atoms with Gasteiger partial charge in [-0.2, -0.15) is 0 Å². The van der Waals surface area contributed by atoms with E-state index in [2.05, 4.69) is 37.0 Å². The molecule has 64 valence electrons. The van der Waals surface area contributed by atoms with Gasteiger partial charge in [0.05, 0.1) is 0 Å². The molecule has 0 aliphatic heterocycles. The second kappa shape index (κ2) is 4.60. The predicted molar refractivity (Wildman–Crippen MR) is 54.5 cm³/mol. The second-order valence-corrected chi connectivity index (χ2v) is 2.68. The van der Waals surface area contributed by atoms with E-state index < -0.39 is 0 Å². The van der Waals surface area contributed by atoms with E-state index in [4.69, 9.17) is 0 Å². The van der Waals surface area contributed by atoms with Crippen molar-refractivity contribution in [1.29, 1.82) is 0 Å². The molecule has 0 saturated carbocycles. The van der Waals surface area contributed by atoms with Crippen LogP contribution in [0.2, 0.25) is 0 Å². The summed E-state index contributed by atoms with van der Waals surface area (Å²) in [7, 11) is 0. The molecule has 1 heteroatoms. The third-order valence-corrected chi connectivity index (χ3v) is 1.75. The van der Waals surface area contributed by atoms with Gasteiger partial charge in [-0.05, 0) is 25.0 Å². The Bertz CT molecular complexity index is 253. The number of allylic oxidation sites excluding steroid dienone is 1. The summed E-state index contributed by atoms with van der Waals surface area (Å²) in [6.07, 6.45) is 2.86. The highest BCUT2D eigenvalue weighted by molar-refractivity contribution is 5.51. The van der Waals surface area contributed by atoms with Crippen LogP contribution in [0.4, 0.5) is 5.69 Å². The van der Waals surface area contributed by atoms with Crippen molar-refractivity contribution in [2.75, 3.05) is 11.9 Å². The molecule has 0 bridgehead atoms. The van der Waals surface area contributed by atoms with Gasteiger partial charge in [-0.25, -0.2) is 0 Å². The minimum absolute atomic E-state index is 0.934. The van der Waals surface area contributed by atoms with Crippen LogP contribution in [0.3, 0.4) is 0 Å². The summed E-state index contributed by atoms with van der Waals surface area (Å²) in [4.78, 5) is 0. The van der Waals surface area contributed by atoms with Gasteiger partial charge in [0, 0.05) is 12.2 Å². The third kappa shape index (κ3) is 2.12. The number of benzene rings is 1. The number of nitrogens with one attached hydrogen (secondary N) is 1. The molecule has 1 aromatic rings. The van der Waals surface area contributed by atoms with Crippen LogP contribution in [-0.4, -0.2) is 6.54 Å². The number of anilines is 1. The number of para-hydroxylation sites is 1. The summed E-state index contributed by atoms with van der Waals surface area (Å²) >= 11 is 0. The first-order valence-electron chi connectivity index (χ1n) is 4.31. The average Bonchev–Trinajstić information content (AvgIpc) is 2.09. The van der Waals surface area contributed by atoms with E-state index in [-0.39, 0.29) is 0 Å². The van der Waals surface area contributed by atoms with Crippen LogP contribution in [0.15, 0.2) is 36.9 Å². The highest BCUT2D eigenvalue weighted by Crippen LogP contribution is 2.15. The molecule has 1 aromatic carbocycles. The van der Waals surface area contributed by atoms with Crippen molar-refractivity contribution in [3.8, 4) is 0 Å². The van der Waals surface area contributed by atoms with Gasteiger partial charge < -0.3 is 5.32 Å². The van der Waals surface area contributed by atoms with Gasteiger partial charge >= 0.3 is 0 Å². The molecule has 0 unspecified atom stereocenters. The molecular formula is C11H15N. The van der Waals surface area contributed by atoms with Crippen molar-refractivity contribution < 1.29 is 0 Å². The summed E-state index contributed by atoms with van der Waals surface area (Å²) in [5.74, 6) is 0. The van der Waals surface area contributed by atoms with Crippen molar-refractivity contribution >= 4 is 5.69 Å². The number of hydrogen-bond donors (Lipinski definition) is 1. The summed E-state index contributed by atoms with van der Waals surface area (Å²) in [5.41, 5.74) is 2.54. The topological polar surface area (TPSA) is 12.0 Å². The maximum Gasteiger partial charge on any atom is 0.0375 e. The van der Waals surface area contributed by atoms with Gasteiger partial charge in [0.1, 0.15) is 0 Å². The molecule has 1 nitrogen and oxygen atoms in total. The Balaban J connectivity index is 2.83. The smallest absolute Gasteiger partial charge is 0.0375 e. The Morgan fingerprint density at radius 2 is 2.17 bits per heavy atom. The van der Waals surface area contributed by atoms with Gasteiger partial charge in [-0.3, -0.25) is 0 Å². The van der Waals surface area contributed by atoms with E-state index in [0.717, 1.165) is 13.0 Å². The average molecular weight is 161 g/mol. The fourth-order valence-electron chi connectivity index (χ4n) is 1.22. The van der Waals surface area contributed by atoms with E-state index in [9.17, 15) is 0 Å². The Morgan fingerprint density at radius 1 is 1.42 bits per heavy atom. The maximum atomic E-state index is 3.73. The van der Waals surface area contributed by atoms with E-state index in [1.165, 1.54) is 11.3 Å². The molecule has 0 amide bonds. The second-order valence-electron chi connectivity index (χ2n) is 2.68. The molecule has 0 aliphatic rings. The van der Waals surface area contributed by atoms with Crippen molar-refractivity contribution in [2.45, 2.75) is 13.3 Å². The highest BCUT2D eigenvalue weighted by atomic mass is 14.9. The lowest BCUT2D eigenvalue weighted by molar-refractivity contribution is 1.17. The zero-order valence-electron chi connectivity index (χ0n) is 7.51. The maximum absolute atomic E-state index is 3.73. The Morgan fingerprint density at radius 3 is 2.83 bits per heavy atom. The summed E-state index contributed by atoms with van der Waals surface area (Å²) in [5, 5.41) is 3.31. The lowest BCUT2D eigenvalue weighted by Crippen LogP contribution is -1.99. The molecule has 0 radical (unpaired) electrons. The minimum atomic E-state index is 0.934. The van der Waals surface area contributed by atoms with E-state index in [1.54, 1.807) is 0 Å². The van der Waals surface area contributed by atoms with E-state index >= 15 is 0 Å². The van der Waals surface area contributed by atoms with Crippen LogP contribution in [0.25, 0.3) is 0 Å². The molecule has 0 saturated heterocycles. The van der Waals surface area contributed by atoms with Crippen molar-refractivity contribution in [2.24, 2.45) is 0 Å². The monoisotopic (exact) mass is 161 g/mol. The number of rotatable bonds is 4. The van der Waals surface area contributed by atoms with Gasteiger partial charge in [0.15, 0.2) is 0 Å². The van der Waals surface area contributed by atoms with Crippen LogP contribution in [0.5, 0.6) is 0 Å². The molecule has 1 rings (SSSR count). The first-order chi connectivity index (χ1) is 5.88. The van der Waals surface area contributed by atoms with Gasteiger partial charge in [0.25, 0.3) is 0 Å². The first kappa shape index (κ1) is 8.85. The largest absolute Gasteiger partial charge is 0.385 e. The SMILES string of the molecule is C=CCc1ccccc1NCC. The van der Waals surface area contributed by atoms with Gasteiger partial charge in [0.2, 0.25) is 0 Å². The van der Waals surface area contributed by atoms with Crippen LogP contribution in [-0.2, 0) is 6.42 Å². The Hall–Kier alpha value is -1.24. The van der Waals surface area contributed by atoms with Crippen LogP contribution < -0.4 is 5.32 Å². The Kier molecular flexibility index (Phi) is 3.39. The van der Waals surface area contributed by atoms with E-state index in [0.29, 0.717) is 0 Å². The van der Waals surface area contributed by atoms with Gasteiger partial charge in [-0.15, -0.1) is 6.58 Å². The molecule has 1 N–H and O–H groups in total. The standard InChI is InChI=1S/C11H15N/c1-3-7-10-8-5-6-9-11(10)12-4-2/h3,5-6,8-9,12H,1,4,7H2,2H3. The first-order valence-corrected chi connectivity index (χ1v) is 4.31. The fourth-order valence-corrected chi connectivity index (χ4v) is 1.22. The predicted octanol–water partition coefficient (Wildman–Crippen LogP) is 2.85. The fraction of sp³-hybridized carbons (Fsp3) is 0.273.